The van der Waals surface area contributed by atoms with Crippen molar-refractivity contribution in [3.05, 3.63) is 93.4 Å². The standard InChI is InChI=1S/C28H31BrClN3O4S/c1-4-16-31-28(35)21(3)32(18-22-6-5-7-24(30)17-22)27(34)19-33(25-12-10-23(29)11-13-25)38(36,37)26-14-8-20(2)9-15-26/h5-15,17,21H,4,16,18-19H2,1-3H3,(H,31,35)/t21-/m0/s1. The summed E-state index contributed by atoms with van der Waals surface area (Å²) in [6.45, 7) is 5.49. The number of hydrogen-bond acceptors (Lipinski definition) is 4. The zero-order valence-electron chi connectivity index (χ0n) is 21.5. The molecule has 0 heterocycles. The molecule has 0 unspecified atom stereocenters. The average Bonchev–Trinajstić information content (AvgIpc) is 2.89. The van der Waals surface area contributed by atoms with E-state index in [-0.39, 0.29) is 17.3 Å². The fraction of sp³-hybridized carbons (Fsp3) is 0.286. The first-order valence-electron chi connectivity index (χ1n) is 12.2. The van der Waals surface area contributed by atoms with E-state index in [1.807, 2.05) is 13.8 Å². The van der Waals surface area contributed by atoms with Crippen LogP contribution >= 0.6 is 27.5 Å². The fourth-order valence-electron chi connectivity index (χ4n) is 3.78. The largest absolute Gasteiger partial charge is 0.354 e. The van der Waals surface area contributed by atoms with E-state index in [1.54, 1.807) is 67.6 Å². The molecular formula is C28H31BrClN3O4S. The first kappa shape index (κ1) is 29.7. The Kier molecular flexibility index (Phi) is 10.4. The van der Waals surface area contributed by atoms with Crippen LogP contribution < -0.4 is 9.62 Å². The van der Waals surface area contributed by atoms with Crippen LogP contribution in [0.4, 0.5) is 5.69 Å². The zero-order chi connectivity index (χ0) is 27.9. The first-order chi connectivity index (χ1) is 18.0. The Balaban J connectivity index is 2.01. The van der Waals surface area contributed by atoms with Gasteiger partial charge in [0, 0.05) is 22.6 Å². The summed E-state index contributed by atoms with van der Waals surface area (Å²) >= 11 is 9.53. The molecule has 0 aliphatic rings. The molecule has 1 N–H and O–H groups in total. The lowest BCUT2D eigenvalue weighted by Gasteiger charge is -2.32. The molecule has 3 aromatic rings. The van der Waals surface area contributed by atoms with Crippen molar-refractivity contribution in [3.8, 4) is 0 Å². The van der Waals surface area contributed by atoms with Crippen LogP contribution in [0, 0.1) is 6.92 Å². The van der Waals surface area contributed by atoms with Gasteiger partial charge in [0.15, 0.2) is 0 Å². The van der Waals surface area contributed by atoms with E-state index >= 15 is 0 Å². The number of halogens is 2. The third-order valence-electron chi connectivity index (χ3n) is 5.96. The van der Waals surface area contributed by atoms with Crippen molar-refractivity contribution in [3.63, 3.8) is 0 Å². The number of carbonyl (C=O) groups is 2. The Morgan fingerprint density at radius 1 is 1.03 bits per heavy atom. The van der Waals surface area contributed by atoms with Gasteiger partial charge in [-0.3, -0.25) is 13.9 Å². The molecule has 0 spiro atoms. The molecule has 3 rings (SSSR count). The summed E-state index contributed by atoms with van der Waals surface area (Å²) < 4.78 is 29.4. The van der Waals surface area contributed by atoms with Gasteiger partial charge in [0.1, 0.15) is 12.6 Å². The molecule has 7 nitrogen and oxygen atoms in total. The molecule has 0 aliphatic carbocycles. The molecule has 0 fully saturated rings. The van der Waals surface area contributed by atoms with Crippen LogP contribution in [0.2, 0.25) is 5.02 Å². The highest BCUT2D eigenvalue weighted by Crippen LogP contribution is 2.26. The number of rotatable bonds is 11. The zero-order valence-corrected chi connectivity index (χ0v) is 24.7. The van der Waals surface area contributed by atoms with E-state index in [0.717, 1.165) is 26.3 Å². The quantitative estimate of drug-likeness (QED) is 0.305. The smallest absolute Gasteiger partial charge is 0.264 e. The molecule has 1 atom stereocenters. The number of amides is 2. The predicted molar refractivity (Wildman–Crippen MR) is 155 cm³/mol. The molecule has 0 bridgehead atoms. The van der Waals surface area contributed by atoms with Crippen molar-refractivity contribution in [2.45, 2.75) is 44.7 Å². The number of hydrogen-bond donors (Lipinski definition) is 1. The van der Waals surface area contributed by atoms with Gasteiger partial charge in [-0.2, -0.15) is 0 Å². The van der Waals surface area contributed by atoms with E-state index in [9.17, 15) is 18.0 Å². The topological polar surface area (TPSA) is 86.8 Å². The van der Waals surface area contributed by atoms with Crippen LogP contribution in [0.5, 0.6) is 0 Å². The first-order valence-corrected chi connectivity index (χ1v) is 14.8. The molecule has 38 heavy (non-hydrogen) atoms. The molecule has 0 saturated carbocycles. The van der Waals surface area contributed by atoms with Crippen molar-refractivity contribution in [2.75, 3.05) is 17.4 Å². The van der Waals surface area contributed by atoms with Crippen molar-refractivity contribution < 1.29 is 18.0 Å². The van der Waals surface area contributed by atoms with Gasteiger partial charge in [-0.25, -0.2) is 8.42 Å². The maximum Gasteiger partial charge on any atom is 0.264 e. The molecule has 0 aromatic heterocycles. The number of nitrogens with zero attached hydrogens (tertiary/aromatic N) is 2. The second-order valence-corrected chi connectivity index (χ2v) is 12.1. The summed E-state index contributed by atoms with van der Waals surface area (Å²) in [4.78, 5) is 28.2. The Morgan fingerprint density at radius 2 is 1.68 bits per heavy atom. The Bertz CT molecular complexity index is 1370. The molecule has 0 aliphatic heterocycles. The van der Waals surface area contributed by atoms with Crippen LogP contribution in [-0.2, 0) is 26.2 Å². The van der Waals surface area contributed by atoms with Crippen molar-refractivity contribution in [1.82, 2.24) is 10.2 Å². The van der Waals surface area contributed by atoms with Gasteiger partial charge in [-0.1, -0.05) is 64.3 Å². The van der Waals surface area contributed by atoms with Gasteiger partial charge < -0.3 is 10.2 Å². The van der Waals surface area contributed by atoms with Crippen molar-refractivity contribution in [1.29, 1.82) is 0 Å². The van der Waals surface area contributed by atoms with Crippen LogP contribution in [0.15, 0.2) is 82.2 Å². The SMILES string of the molecule is CCCNC(=O)[C@H](C)N(Cc1cccc(Cl)c1)C(=O)CN(c1ccc(Br)cc1)S(=O)(=O)c1ccc(C)cc1. The molecule has 0 saturated heterocycles. The molecule has 2 amide bonds. The summed E-state index contributed by atoms with van der Waals surface area (Å²) in [5.41, 5.74) is 1.96. The van der Waals surface area contributed by atoms with Gasteiger partial charge in [-0.05, 0) is 74.4 Å². The van der Waals surface area contributed by atoms with Gasteiger partial charge in [0.05, 0.1) is 10.6 Å². The summed E-state index contributed by atoms with van der Waals surface area (Å²) in [5.74, 6) is -0.846. The van der Waals surface area contributed by atoms with Gasteiger partial charge in [0.25, 0.3) is 10.0 Å². The maximum absolute atomic E-state index is 13.8. The fourth-order valence-corrected chi connectivity index (χ4v) is 5.68. The van der Waals surface area contributed by atoms with E-state index < -0.39 is 28.5 Å². The Morgan fingerprint density at radius 3 is 2.29 bits per heavy atom. The third-order valence-corrected chi connectivity index (χ3v) is 8.51. The van der Waals surface area contributed by atoms with E-state index in [4.69, 9.17) is 11.6 Å². The van der Waals surface area contributed by atoms with Gasteiger partial charge in [-0.15, -0.1) is 0 Å². The number of carbonyl (C=O) groups excluding carboxylic acids is 2. The number of nitrogens with one attached hydrogen (secondary N) is 1. The Hall–Kier alpha value is -2.88. The molecule has 0 radical (unpaired) electrons. The highest BCUT2D eigenvalue weighted by molar-refractivity contribution is 9.10. The minimum atomic E-state index is -4.10. The number of aryl methyl sites for hydroxylation is 1. The predicted octanol–water partition coefficient (Wildman–Crippen LogP) is 5.55. The van der Waals surface area contributed by atoms with Crippen LogP contribution in [0.25, 0.3) is 0 Å². The average molecular weight is 621 g/mol. The molecule has 10 heteroatoms. The summed E-state index contributed by atoms with van der Waals surface area (Å²) in [6.07, 6.45) is 0.743. The minimum Gasteiger partial charge on any atom is -0.354 e. The van der Waals surface area contributed by atoms with Gasteiger partial charge >= 0.3 is 0 Å². The third kappa shape index (κ3) is 7.58. The van der Waals surface area contributed by atoms with E-state index in [0.29, 0.717) is 17.3 Å². The maximum atomic E-state index is 13.8. The lowest BCUT2D eigenvalue weighted by atomic mass is 10.1. The van der Waals surface area contributed by atoms with Crippen molar-refractivity contribution in [2.24, 2.45) is 0 Å². The highest BCUT2D eigenvalue weighted by Gasteiger charge is 2.32. The molecule has 202 valence electrons. The van der Waals surface area contributed by atoms with Crippen LogP contribution in [-0.4, -0.2) is 44.3 Å². The lowest BCUT2D eigenvalue weighted by Crippen LogP contribution is -2.51. The van der Waals surface area contributed by atoms with Crippen molar-refractivity contribution >= 4 is 55.1 Å². The summed E-state index contributed by atoms with van der Waals surface area (Å²) in [6, 6.07) is 19.3. The van der Waals surface area contributed by atoms with Crippen LogP contribution in [0.1, 0.15) is 31.4 Å². The normalized spacial score (nSPS) is 12.0. The second kappa shape index (κ2) is 13.3. The number of benzene rings is 3. The number of sulfonamides is 1. The van der Waals surface area contributed by atoms with E-state index in [1.165, 1.54) is 17.0 Å². The van der Waals surface area contributed by atoms with E-state index in [2.05, 4.69) is 21.2 Å². The molecular weight excluding hydrogens is 590 g/mol. The van der Waals surface area contributed by atoms with Crippen LogP contribution in [0.3, 0.4) is 0 Å². The summed E-state index contributed by atoms with van der Waals surface area (Å²) in [5, 5.41) is 3.32. The monoisotopic (exact) mass is 619 g/mol. The second-order valence-electron chi connectivity index (χ2n) is 8.92. The van der Waals surface area contributed by atoms with Gasteiger partial charge in [0.2, 0.25) is 11.8 Å². The Labute approximate surface area is 238 Å². The molecule has 3 aromatic carbocycles. The minimum absolute atomic E-state index is 0.0638. The lowest BCUT2D eigenvalue weighted by molar-refractivity contribution is -0.139. The number of anilines is 1. The highest BCUT2D eigenvalue weighted by atomic mass is 79.9. The summed E-state index contributed by atoms with van der Waals surface area (Å²) in [7, 11) is -4.10.